The number of amides is 1. The molecule has 1 saturated heterocycles. The van der Waals surface area contributed by atoms with E-state index in [1.807, 2.05) is 19.1 Å². The van der Waals surface area contributed by atoms with Crippen LogP contribution in [0.3, 0.4) is 0 Å². The highest BCUT2D eigenvalue weighted by atomic mass is 35.5. The molecular formula is C22H27ClN2O4S. The Morgan fingerprint density at radius 1 is 1.17 bits per heavy atom. The lowest BCUT2D eigenvalue weighted by Crippen LogP contribution is -2.50. The van der Waals surface area contributed by atoms with Crippen LogP contribution in [-0.4, -0.2) is 38.3 Å². The highest BCUT2D eigenvalue weighted by molar-refractivity contribution is 7.89. The Morgan fingerprint density at radius 3 is 2.43 bits per heavy atom. The lowest BCUT2D eigenvalue weighted by atomic mass is 9.78. The van der Waals surface area contributed by atoms with Crippen LogP contribution in [0, 0.1) is 5.41 Å². The summed E-state index contributed by atoms with van der Waals surface area (Å²) in [5.41, 5.74) is 5.91. The third kappa shape index (κ3) is 5.33. The summed E-state index contributed by atoms with van der Waals surface area (Å²) in [5, 5.41) is 0.596. The maximum Gasteiger partial charge on any atom is 0.243 e. The van der Waals surface area contributed by atoms with E-state index in [1.165, 1.54) is 4.31 Å². The number of sulfonamides is 1. The Kier molecular flexibility index (Phi) is 7.06. The fourth-order valence-electron chi connectivity index (χ4n) is 3.86. The largest absolute Gasteiger partial charge is 0.493 e. The van der Waals surface area contributed by atoms with E-state index in [-0.39, 0.29) is 24.5 Å². The summed E-state index contributed by atoms with van der Waals surface area (Å²) in [6, 6.07) is 13.9. The first-order valence-corrected chi connectivity index (χ1v) is 11.8. The number of aryl methyl sites for hydroxylation is 1. The van der Waals surface area contributed by atoms with Gasteiger partial charge < -0.3 is 10.5 Å². The minimum absolute atomic E-state index is 0.0569. The molecule has 0 bridgehead atoms. The van der Waals surface area contributed by atoms with Crippen molar-refractivity contribution < 1.29 is 17.9 Å². The maximum absolute atomic E-state index is 13.2. The molecular weight excluding hydrogens is 424 g/mol. The van der Waals surface area contributed by atoms with Gasteiger partial charge in [-0.15, -0.1) is 0 Å². The molecule has 3 rings (SSSR count). The summed E-state index contributed by atoms with van der Waals surface area (Å²) >= 11 is 5.91. The molecule has 8 heteroatoms. The molecule has 162 valence electrons. The van der Waals surface area contributed by atoms with Crippen molar-refractivity contribution in [3.05, 3.63) is 59.1 Å². The average Bonchev–Trinajstić information content (AvgIpc) is 2.73. The lowest BCUT2D eigenvalue weighted by molar-refractivity contribution is -0.121. The van der Waals surface area contributed by atoms with Crippen LogP contribution in [0.25, 0.3) is 0 Å². The number of carbonyl (C=O) groups excluding carboxylic acids is 1. The summed E-state index contributed by atoms with van der Waals surface area (Å²) in [7, 11) is -3.67. The van der Waals surface area contributed by atoms with Gasteiger partial charge in [-0.1, -0.05) is 30.7 Å². The minimum Gasteiger partial charge on any atom is -0.493 e. The number of ether oxygens (including phenoxy) is 1. The van der Waals surface area contributed by atoms with Crippen molar-refractivity contribution in [2.75, 3.05) is 19.7 Å². The smallest absolute Gasteiger partial charge is 0.243 e. The van der Waals surface area contributed by atoms with Crippen LogP contribution >= 0.6 is 11.6 Å². The van der Waals surface area contributed by atoms with E-state index in [1.54, 1.807) is 36.4 Å². The van der Waals surface area contributed by atoms with Gasteiger partial charge in [0.2, 0.25) is 15.9 Å². The van der Waals surface area contributed by atoms with E-state index in [0.29, 0.717) is 30.2 Å². The number of rotatable bonds is 8. The highest BCUT2D eigenvalue weighted by Crippen LogP contribution is 2.36. The van der Waals surface area contributed by atoms with Crippen molar-refractivity contribution in [2.24, 2.45) is 11.1 Å². The molecule has 0 aromatic heterocycles. The van der Waals surface area contributed by atoms with E-state index in [9.17, 15) is 13.2 Å². The number of nitrogens with zero attached hydrogens (tertiary/aromatic N) is 1. The summed E-state index contributed by atoms with van der Waals surface area (Å²) in [4.78, 5) is 12.1. The van der Waals surface area contributed by atoms with Crippen LogP contribution in [0.15, 0.2) is 53.4 Å². The molecule has 2 aromatic rings. The van der Waals surface area contributed by atoms with Crippen LogP contribution in [-0.2, 0) is 21.2 Å². The Bertz CT molecular complexity index is 977. The maximum atomic E-state index is 13.2. The number of carbonyl (C=O) groups is 1. The van der Waals surface area contributed by atoms with Gasteiger partial charge >= 0.3 is 0 Å². The van der Waals surface area contributed by atoms with Gasteiger partial charge in [-0.3, -0.25) is 4.79 Å². The number of nitrogens with two attached hydrogens (primary N) is 1. The predicted molar refractivity (Wildman–Crippen MR) is 117 cm³/mol. The quantitative estimate of drug-likeness (QED) is 0.665. The van der Waals surface area contributed by atoms with Crippen LogP contribution in [0.1, 0.15) is 31.7 Å². The number of primary amides is 1. The van der Waals surface area contributed by atoms with Gasteiger partial charge in [0.15, 0.2) is 0 Å². The Morgan fingerprint density at radius 2 is 1.83 bits per heavy atom. The first-order chi connectivity index (χ1) is 14.2. The molecule has 1 unspecified atom stereocenters. The molecule has 1 aliphatic heterocycles. The third-order valence-electron chi connectivity index (χ3n) is 5.50. The zero-order chi connectivity index (χ0) is 21.8. The molecule has 30 heavy (non-hydrogen) atoms. The number of benzene rings is 2. The van der Waals surface area contributed by atoms with Gasteiger partial charge in [0, 0.05) is 29.9 Å². The van der Waals surface area contributed by atoms with Crippen LogP contribution in [0.2, 0.25) is 5.02 Å². The molecule has 0 spiro atoms. The lowest BCUT2D eigenvalue weighted by Gasteiger charge is -2.41. The van der Waals surface area contributed by atoms with Gasteiger partial charge in [-0.25, -0.2) is 8.42 Å². The summed E-state index contributed by atoms with van der Waals surface area (Å²) in [5.74, 6) is 0.139. The Hall–Kier alpha value is -2.09. The second-order valence-electron chi connectivity index (χ2n) is 7.83. The monoisotopic (exact) mass is 450 g/mol. The molecule has 2 aromatic carbocycles. The molecule has 1 heterocycles. The first-order valence-electron chi connectivity index (χ1n) is 10.00. The predicted octanol–water partition coefficient (Wildman–Crippen LogP) is 3.63. The molecule has 1 aliphatic rings. The zero-order valence-corrected chi connectivity index (χ0v) is 18.6. The minimum atomic E-state index is -3.67. The average molecular weight is 451 g/mol. The fraction of sp³-hybridized carbons (Fsp3) is 0.409. The third-order valence-corrected chi connectivity index (χ3v) is 7.62. The highest BCUT2D eigenvalue weighted by Gasteiger charge is 2.42. The summed E-state index contributed by atoms with van der Waals surface area (Å²) in [6.45, 7) is 2.80. The number of hydrogen-bond acceptors (Lipinski definition) is 4. The van der Waals surface area contributed by atoms with E-state index in [0.717, 1.165) is 12.0 Å². The van der Waals surface area contributed by atoms with Gasteiger partial charge in [0.05, 0.1) is 11.5 Å². The van der Waals surface area contributed by atoms with Gasteiger partial charge in [-0.2, -0.15) is 4.31 Å². The van der Waals surface area contributed by atoms with Crippen LogP contribution in [0.4, 0.5) is 0 Å². The standard InChI is InChI=1S/C22H27ClN2O4S/c1-2-17-4-10-20(11-5-17)30(27,28)25-13-3-12-22(15-25,14-21(24)26)16-29-19-8-6-18(23)7-9-19/h4-11H,2-3,12-16H2,1H3,(H2,24,26). The van der Waals surface area contributed by atoms with Crippen LogP contribution in [0.5, 0.6) is 5.75 Å². The molecule has 6 nitrogen and oxygen atoms in total. The van der Waals surface area contributed by atoms with Crippen molar-refractivity contribution in [3.63, 3.8) is 0 Å². The topological polar surface area (TPSA) is 89.7 Å². The molecule has 1 amide bonds. The van der Waals surface area contributed by atoms with E-state index >= 15 is 0 Å². The van der Waals surface area contributed by atoms with Crippen molar-refractivity contribution in [3.8, 4) is 5.75 Å². The van der Waals surface area contributed by atoms with Gasteiger partial charge in [-0.05, 0) is 61.2 Å². The van der Waals surface area contributed by atoms with Gasteiger partial charge in [0.25, 0.3) is 0 Å². The van der Waals surface area contributed by atoms with Crippen molar-refractivity contribution in [1.29, 1.82) is 0 Å². The Balaban J connectivity index is 1.81. The normalized spacial score (nSPS) is 20.1. The van der Waals surface area contributed by atoms with Crippen molar-refractivity contribution in [2.45, 2.75) is 37.5 Å². The number of halogens is 1. The second-order valence-corrected chi connectivity index (χ2v) is 10.2. The molecule has 0 saturated carbocycles. The number of piperidine rings is 1. The van der Waals surface area contributed by atoms with Crippen molar-refractivity contribution >= 4 is 27.5 Å². The molecule has 0 radical (unpaired) electrons. The molecule has 1 fully saturated rings. The second kappa shape index (κ2) is 9.37. The number of hydrogen-bond donors (Lipinski definition) is 1. The SMILES string of the molecule is CCc1ccc(S(=O)(=O)N2CCCC(COc3ccc(Cl)cc3)(CC(N)=O)C2)cc1. The summed E-state index contributed by atoms with van der Waals surface area (Å²) in [6.07, 6.45) is 2.18. The van der Waals surface area contributed by atoms with Crippen LogP contribution < -0.4 is 10.5 Å². The Labute approximate surface area is 183 Å². The summed E-state index contributed by atoms with van der Waals surface area (Å²) < 4.78 is 33.8. The first kappa shape index (κ1) is 22.6. The van der Waals surface area contributed by atoms with Crippen molar-refractivity contribution in [1.82, 2.24) is 4.31 Å². The van der Waals surface area contributed by atoms with E-state index in [4.69, 9.17) is 22.1 Å². The van der Waals surface area contributed by atoms with E-state index in [2.05, 4.69) is 0 Å². The zero-order valence-electron chi connectivity index (χ0n) is 17.0. The molecule has 0 aliphatic carbocycles. The molecule has 1 atom stereocenters. The van der Waals surface area contributed by atoms with Gasteiger partial charge in [0.1, 0.15) is 5.75 Å². The fourth-order valence-corrected chi connectivity index (χ4v) is 5.58. The van der Waals surface area contributed by atoms with E-state index < -0.39 is 21.3 Å². The molecule has 2 N–H and O–H groups in total.